The van der Waals surface area contributed by atoms with E-state index in [-0.39, 0.29) is 19.0 Å². The van der Waals surface area contributed by atoms with Gasteiger partial charge in [0.1, 0.15) is 29.6 Å². The first-order chi connectivity index (χ1) is 18.0. The minimum absolute atomic E-state index is 0.110. The van der Waals surface area contributed by atoms with Crippen molar-refractivity contribution < 1.29 is 19.0 Å². The highest BCUT2D eigenvalue weighted by Gasteiger charge is 2.16. The number of hydrogen-bond acceptors (Lipinski definition) is 7. The number of rotatable bonds is 8. The number of carbonyl (C=O) groups excluding carboxylic acids is 1. The van der Waals surface area contributed by atoms with Crippen LogP contribution in [0.5, 0.6) is 11.5 Å². The SMILES string of the molecule is CCOC(=O)Cc1ccc(OC)cc1OCc1nn(C)c2ccc(-c3cccc4c(N)nccc34)cc12. The molecule has 0 saturated heterocycles. The summed E-state index contributed by atoms with van der Waals surface area (Å²) in [6.07, 6.45) is 1.84. The van der Waals surface area contributed by atoms with Crippen LogP contribution in [0.3, 0.4) is 0 Å². The number of ether oxygens (including phenoxy) is 3. The van der Waals surface area contributed by atoms with Gasteiger partial charge >= 0.3 is 5.97 Å². The van der Waals surface area contributed by atoms with Gasteiger partial charge in [0.05, 0.1) is 25.7 Å². The second-order valence-electron chi connectivity index (χ2n) is 8.64. The molecule has 8 heteroatoms. The molecule has 8 nitrogen and oxygen atoms in total. The lowest BCUT2D eigenvalue weighted by Gasteiger charge is -2.12. The molecule has 0 radical (unpaired) electrons. The van der Waals surface area contributed by atoms with Crippen LogP contribution in [0.15, 0.2) is 66.9 Å². The number of benzene rings is 3. The summed E-state index contributed by atoms with van der Waals surface area (Å²) in [6, 6.07) is 19.7. The van der Waals surface area contributed by atoms with Gasteiger partial charge in [0.25, 0.3) is 0 Å². The predicted octanol–water partition coefficient (Wildman–Crippen LogP) is 5.06. The standard InChI is InChI=1S/C29H28N4O4/c1-4-36-28(34)15-19-8-10-20(35-3)16-27(19)37-17-25-24-14-18(9-11-26(24)33(2)32-25)21-6-5-7-23-22(21)12-13-31-29(23)30/h5-14,16H,4,15,17H2,1-3H3,(H2,30,31). The van der Waals surface area contributed by atoms with Crippen LogP contribution in [0, 0.1) is 0 Å². The van der Waals surface area contributed by atoms with Crippen LogP contribution in [-0.4, -0.2) is 34.5 Å². The number of hydrogen-bond donors (Lipinski definition) is 1. The molecule has 0 aliphatic rings. The monoisotopic (exact) mass is 496 g/mol. The zero-order valence-corrected chi connectivity index (χ0v) is 21.0. The number of anilines is 1. The van der Waals surface area contributed by atoms with Crippen molar-refractivity contribution in [2.45, 2.75) is 20.0 Å². The molecular weight excluding hydrogens is 468 g/mol. The molecule has 188 valence electrons. The summed E-state index contributed by atoms with van der Waals surface area (Å²) in [7, 11) is 3.50. The van der Waals surface area contributed by atoms with Crippen molar-refractivity contribution in [3.05, 3.63) is 78.1 Å². The van der Waals surface area contributed by atoms with Crippen LogP contribution < -0.4 is 15.2 Å². The van der Waals surface area contributed by atoms with Crippen LogP contribution in [-0.2, 0) is 29.6 Å². The van der Waals surface area contributed by atoms with Crippen LogP contribution in [0.2, 0.25) is 0 Å². The Morgan fingerprint density at radius 3 is 2.70 bits per heavy atom. The van der Waals surface area contributed by atoms with E-state index in [1.807, 2.05) is 36.0 Å². The maximum absolute atomic E-state index is 12.1. The highest BCUT2D eigenvalue weighted by Crippen LogP contribution is 2.33. The van der Waals surface area contributed by atoms with E-state index in [4.69, 9.17) is 25.0 Å². The van der Waals surface area contributed by atoms with Crippen LogP contribution in [0.1, 0.15) is 18.2 Å². The molecule has 0 amide bonds. The maximum Gasteiger partial charge on any atom is 0.310 e. The normalized spacial score (nSPS) is 11.1. The molecule has 0 atom stereocenters. The zero-order valence-electron chi connectivity index (χ0n) is 21.0. The van der Waals surface area contributed by atoms with Gasteiger partial charge in [0, 0.05) is 35.6 Å². The van der Waals surface area contributed by atoms with Crippen molar-refractivity contribution in [3.8, 4) is 22.6 Å². The molecule has 2 aromatic heterocycles. The number of nitrogens with two attached hydrogens (primary N) is 1. The second kappa shape index (κ2) is 10.2. The molecule has 5 aromatic rings. The molecule has 3 aromatic carbocycles. The van der Waals surface area contributed by atoms with E-state index in [0.717, 1.165) is 44.1 Å². The average Bonchev–Trinajstić information content (AvgIpc) is 3.22. The van der Waals surface area contributed by atoms with Crippen molar-refractivity contribution in [2.75, 3.05) is 19.5 Å². The third-order valence-corrected chi connectivity index (χ3v) is 6.35. The fraction of sp³-hybridized carbons (Fsp3) is 0.207. The van der Waals surface area contributed by atoms with Gasteiger partial charge in [-0.05, 0) is 47.7 Å². The molecule has 0 bridgehead atoms. The third-order valence-electron chi connectivity index (χ3n) is 6.35. The van der Waals surface area contributed by atoms with Gasteiger partial charge in [0.15, 0.2) is 0 Å². The van der Waals surface area contributed by atoms with E-state index in [9.17, 15) is 4.79 Å². The van der Waals surface area contributed by atoms with E-state index in [2.05, 4.69) is 29.2 Å². The topological polar surface area (TPSA) is 101 Å². The van der Waals surface area contributed by atoms with Crippen molar-refractivity contribution in [1.29, 1.82) is 0 Å². The Labute approximate surface area is 214 Å². The smallest absolute Gasteiger partial charge is 0.310 e. The summed E-state index contributed by atoms with van der Waals surface area (Å²) in [4.78, 5) is 16.3. The molecule has 0 unspecified atom stereocenters. The second-order valence-corrected chi connectivity index (χ2v) is 8.64. The number of methoxy groups -OCH3 is 1. The van der Waals surface area contributed by atoms with Crippen LogP contribution in [0.4, 0.5) is 5.82 Å². The van der Waals surface area contributed by atoms with Gasteiger partial charge in [-0.3, -0.25) is 9.48 Å². The van der Waals surface area contributed by atoms with Gasteiger partial charge in [-0.15, -0.1) is 0 Å². The minimum Gasteiger partial charge on any atom is -0.497 e. The van der Waals surface area contributed by atoms with E-state index >= 15 is 0 Å². The lowest BCUT2D eigenvalue weighted by molar-refractivity contribution is -0.142. The molecule has 37 heavy (non-hydrogen) atoms. The molecule has 2 N–H and O–H groups in total. The number of aryl methyl sites for hydroxylation is 1. The van der Waals surface area contributed by atoms with Gasteiger partial charge in [-0.1, -0.05) is 30.3 Å². The number of fused-ring (bicyclic) bond motifs is 2. The molecule has 0 saturated carbocycles. The van der Waals surface area contributed by atoms with Crippen LogP contribution >= 0.6 is 0 Å². The Bertz CT molecular complexity index is 1610. The molecule has 5 rings (SSSR count). The Morgan fingerprint density at radius 2 is 1.89 bits per heavy atom. The molecule has 0 aliphatic heterocycles. The number of nitrogens with zero attached hydrogens (tertiary/aromatic N) is 3. The van der Waals surface area contributed by atoms with Crippen molar-refractivity contribution in [2.24, 2.45) is 7.05 Å². The molecule has 0 spiro atoms. The molecule has 0 fully saturated rings. The lowest BCUT2D eigenvalue weighted by atomic mass is 9.97. The number of esters is 1. The van der Waals surface area contributed by atoms with Gasteiger partial charge in [0.2, 0.25) is 0 Å². The van der Waals surface area contributed by atoms with Gasteiger partial charge < -0.3 is 19.9 Å². The number of carbonyl (C=O) groups is 1. The summed E-state index contributed by atoms with van der Waals surface area (Å²) >= 11 is 0. The Morgan fingerprint density at radius 1 is 1.03 bits per heavy atom. The highest BCUT2D eigenvalue weighted by atomic mass is 16.5. The summed E-state index contributed by atoms with van der Waals surface area (Å²) in [5.74, 6) is 1.39. The Hall–Kier alpha value is -4.59. The first-order valence-corrected chi connectivity index (χ1v) is 12.0. The van der Waals surface area contributed by atoms with Gasteiger partial charge in [-0.25, -0.2) is 4.98 Å². The molecule has 0 aliphatic carbocycles. The average molecular weight is 497 g/mol. The number of pyridine rings is 1. The van der Waals surface area contributed by atoms with Crippen LogP contribution in [0.25, 0.3) is 32.8 Å². The van der Waals surface area contributed by atoms with E-state index in [1.54, 1.807) is 32.4 Å². The molecule has 2 heterocycles. The highest BCUT2D eigenvalue weighted by molar-refractivity contribution is 6.02. The quantitative estimate of drug-likeness (QED) is 0.300. The number of nitrogen functional groups attached to an aromatic ring is 1. The number of aromatic nitrogens is 3. The van der Waals surface area contributed by atoms with Crippen molar-refractivity contribution in [3.63, 3.8) is 0 Å². The first-order valence-electron chi connectivity index (χ1n) is 12.0. The maximum atomic E-state index is 12.1. The summed E-state index contributed by atoms with van der Waals surface area (Å²) in [5, 5.41) is 7.65. The van der Waals surface area contributed by atoms with E-state index < -0.39 is 0 Å². The fourth-order valence-electron chi connectivity index (χ4n) is 4.55. The van der Waals surface area contributed by atoms with Crippen molar-refractivity contribution >= 4 is 33.5 Å². The Balaban J connectivity index is 1.50. The Kier molecular flexibility index (Phi) is 6.64. The first kappa shape index (κ1) is 24.1. The summed E-state index contributed by atoms with van der Waals surface area (Å²) < 4.78 is 18.5. The van der Waals surface area contributed by atoms with Gasteiger partial charge in [-0.2, -0.15) is 5.10 Å². The zero-order chi connectivity index (χ0) is 25.9. The molecular formula is C29H28N4O4. The van der Waals surface area contributed by atoms with E-state index in [0.29, 0.717) is 23.9 Å². The fourth-order valence-corrected chi connectivity index (χ4v) is 4.55. The predicted molar refractivity (Wildman–Crippen MR) is 144 cm³/mol. The van der Waals surface area contributed by atoms with E-state index in [1.165, 1.54) is 0 Å². The summed E-state index contributed by atoms with van der Waals surface area (Å²) in [6.45, 7) is 2.33. The summed E-state index contributed by atoms with van der Waals surface area (Å²) in [5.41, 5.74) is 10.7. The third kappa shape index (κ3) is 4.78. The lowest BCUT2D eigenvalue weighted by Crippen LogP contribution is -2.09. The minimum atomic E-state index is -0.309. The van der Waals surface area contributed by atoms with Crippen molar-refractivity contribution in [1.82, 2.24) is 14.8 Å². The largest absolute Gasteiger partial charge is 0.497 e.